The fourth-order valence-corrected chi connectivity index (χ4v) is 3.47. The van der Waals surface area contributed by atoms with Gasteiger partial charge in [-0.1, -0.05) is 23.8 Å². The molecule has 0 saturated carbocycles. The first-order valence-electron chi connectivity index (χ1n) is 11.2. The van der Waals surface area contributed by atoms with Crippen molar-refractivity contribution in [3.63, 3.8) is 0 Å². The second kappa shape index (κ2) is 11.4. The summed E-state index contributed by atoms with van der Waals surface area (Å²) in [6.07, 6.45) is 3.99. The Kier molecular flexibility index (Phi) is 7.67. The Bertz CT molecular complexity index is 1470. The highest BCUT2D eigenvalue weighted by Crippen LogP contribution is 2.26. The lowest BCUT2D eigenvalue weighted by molar-refractivity contribution is -0.105. The summed E-state index contributed by atoms with van der Waals surface area (Å²) in [5.41, 5.74) is 11.8. The van der Waals surface area contributed by atoms with Gasteiger partial charge in [-0.2, -0.15) is 0 Å². The predicted molar refractivity (Wildman–Crippen MR) is 144 cm³/mol. The summed E-state index contributed by atoms with van der Waals surface area (Å²) in [5.74, 6) is 0.199. The van der Waals surface area contributed by atoms with Crippen molar-refractivity contribution < 1.29 is 9.18 Å². The number of pyridine rings is 2. The number of nitrogens with one attached hydrogen (secondary N) is 3. The number of aryl methyl sites for hydroxylation is 1. The van der Waals surface area contributed by atoms with Crippen molar-refractivity contribution in [1.29, 1.82) is 0 Å². The molecule has 0 aliphatic carbocycles. The molecule has 0 fully saturated rings. The normalized spacial score (nSPS) is 10.2. The highest BCUT2D eigenvalue weighted by molar-refractivity contribution is 5.92. The molecule has 2 aromatic heterocycles. The Morgan fingerprint density at radius 2 is 1.53 bits per heavy atom. The van der Waals surface area contributed by atoms with Gasteiger partial charge in [-0.25, -0.2) is 9.37 Å². The van der Waals surface area contributed by atoms with E-state index in [2.05, 4.69) is 25.9 Å². The maximum atomic E-state index is 13.4. The lowest BCUT2D eigenvalue weighted by Gasteiger charge is -2.09. The molecule has 0 aliphatic rings. The zero-order chi connectivity index (χ0) is 25.3. The van der Waals surface area contributed by atoms with Crippen LogP contribution in [0.3, 0.4) is 0 Å². The molecule has 36 heavy (non-hydrogen) atoms. The van der Waals surface area contributed by atoms with Crippen molar-refractivity contribution in [1.82, 2.24) is 9.97 Å². The van der Waals surface area contributed by atoms with E-state index in [1.165, 1.54) is 17.7 Å². The number of amides is 1. The number of carbonyl (C=O) groups excluding carboxylic acids is 1. The number of anilines is 6. The largest absolute Gasteiger partial charge is 0.384 e. The highest BCUT2D eigenvalue weighted by Gasteiger charge is 2.04. The van der Waals surface area contributed by atoms with Gasteiger partial charge in [-0.15, -0.1) is 0 Å². The first-order valence-corrected chi connectivity index (χ1v) is 11.2. The molecule has 5 aromatic rings. The summed E-state index contributed by atoms with van der Waals surface area (Å²) < 4.78 is 13.4. The summed E-state index contributed by atoms with van der Waals surface area (Å²) in [6.45, 7) is 2.04. The molecule has 0 aliphatic heterocycles. The fraction of sp³-hybridized carbons (Fsp3) is 0.0357. The Morgan fingerprint density at radius 3 is 2.31 bits per heavy atom. The molecule has 0 atom stereocenters. The summed E-state index contributed by atoms with van der Waals surface area (Å²) in [7, 11) is 0. The van der Waals surface area contributed by atoms with Crippen LogP contribution in [0, 0.1) is 12.7 Å². The second-order valence-corrected chi connectivity index (χ2v) is 7.95. The molecule has 0 spiro atoms. The minimum Gasteiger partial charge on any atom is -0.384 e. The van der Waals surface area contributed by atoms with Crippen molar-refractivity contribution in [3.05, 3.63) is 109 Å². The summed E-state index contributed by atoms with van der Waals surface area (Å²) >= 11 is 0. The van der Waals surface area contributed by atoms with E-state index < -0.39 is 0 Å². The molecule has 7 nitrogen and oxygen atoms in total. The number of aromatic nitrogens is 2. The van der Waals surface area contributed by atoms with E-state index in [1.54, 1.807) is 30.6 Å². The minimum absolute atomic E-state index is 0.257. The SMILES string of the molecule is Cc1ccc(Nc2ccnc3ccc(F)cc23)cc1.Nc1cc(Nc2cccc(NC=O)c2)ccn1. The van der Waals surface area contributed by atoms with Crippen LogP contribution in [0.2, 0.25) is 0 Å². The van der Waals surface area contributed by atoms with Crippen molar-refractivity contribution in [2.75, 3.05) is 21.7 Å². The van der Waals surface area contributed by atoms with E-state index in [0.717, 1.165) is 39.3 Å². The molecule has 3 aromatic carbocycles. The fourth-order valence-electron chi connectivity index (χ4n) is 3.47. The molecule has 5 N–H and O–H groups in total. The molecular weight excluding hydrogens is 455 g/mol. The molecule has 180 valence electrons. The van der Waals surface area contributed by atoms with Gasteiger partial charge in [0.2, 0.25) is 6.41 Å². The predicted octanol–water partition coefficient (Wildman–Crippen LogP) is 6.40. The number of benzene rings is 3. The van der Waals surface area contributed by atoms with E-state index in [9.17, 15) is 9.18 Å². The van der Waals surface area contributed by atoms with Gasteiger partial charge in [0.25, 0.3) is 0 Å². The molecule has 8 heteroatoms. The number of nitrogens with zero attached hydrogens (tertiary/aromatic N) is 2. The first kappa shape index (κ1) is 24.2. The standard InChI is InChI=1S/C16H13FN2.C12H12N4O/c1-11-2-5-13(6-3-11)19-16-8-9-18-15-7-4-12(17)10-14(15)16;13-12-7-11(4-5-14-12)16-10-3-1-2-9(6-10)15-8-17/h2-10H,1H3,(H,18,19);1-8H,(H,15,17)(H3,13,14,16). The van der Waals surface area contributed by atoms with Gasteiger partial charge < -0.3 is 21.7 Å². The van der Waals surface area contributed by atoms with Gasteiger partial charge in [0.05, 0.1) is 5.52 Å². The average molecular weight is 481 g/mol. The van der Waals surface area contributed by atoms with Gasteiger partial charge in [-0.3, -0.25) is 9.78 Å². The Balaban J connectivity index is 0.000000170. The Morgan fingerprint density at radius 1 is 0.778 bits per heavy atom. The molecule has 0 radical (unpaired) electrons. The molecule has 2 heterocycles. The quantitative estimate of drug-likeness (QED) is 0.210. The van der Waals surface area contributed by atoms with Gasteiger partial charge in [0.15, 0.2) is 0 Å². The second-order valence-electron chi connectivity index (χ2n) is 7.95. The van der Waals surface area contributed by atoms with Crippen molar-refractivity contribution >= 4 is 51.6 Å². The topological polar surface area (TPSA) is 105 Å². The molecule has 0 unspecified atom stereocenters. The number of fused-ring (bicyclic) bond motifs is 1. The number of hydrogen-bond acceptors (Lipinski definition) is 6. The van der Waals surface area contributed by atoms with E-state index >= 15 is 0 Å². The number of nitrogens with two attached hydrogens (primary N) is 1. The lowest BCUT2D eigenvalue weighted by Crippen LogP contribution is -1.96. The number of nitrogen functional groups attached to an aromatic ring is 1. The zero-order valence-electron chi connectivity index (χ0n) is 19.6. The highest BCUT2D eigenvalue weighted by atomic mass is 19.1. The van der Waals surface area contributed by atoms with Crippen molar-refractivity contribution in [3.8, 4) is 0 Å². The first-order chi connectivity index (χ1) is 17.5. The average Bonchev–Trinajstić information content (AvgIpc) is 2.87. The molecule has 5 rings (SSSR count). The lowest BCUT2D eigenvalue weighted by atomic mass is 10.1. The van der Waals surface area contributed by atoms with Crippen LogP contribution >= 0.6 is 0 Å². The van der Waals surface area contributed by atoms with Crippen molar-refractivity contribution in [2.45, 2.75) is 6.92 Å². The van der Waals surface area contributed by atoms with Crippen LogP contribution in [-0.2, 0) is 4.79 Å². The van der Waals surface area contributed by atoms with Gasteiger partial charge in [-0.05, 0) is 67.6 Å². The van der Waals surface area contributed by atoms with E-state index in [1.807, 2.05) is 61.5 Å². The monoisotopic (exact) mass is 480 g/mol. The third-order valence-corrected chi connectivity index (χ3v) is 5.19. The zero-order valence-corrected chi connectivity index (χ0v) is 19.6. The number of halogens is 1. The maximum Gasteiger partial charge on any atom is 0.211 e. The molecular formula is C28H25FN6O. The maximum absolute atomic E-state index is 13.4. The van der Waals surface area contributed by atoms with Crippen LogP contribution in [0.15, 0.2) is 97.3 Å². The van der Waals surface area contributed by atoms with Crippen LogP contribution in [0.4, 0.5) is 38.6 Å². The van der Waals surface area contributed by atoms with E-state index in [0.29, 0.717) is 12.2 Å². The summed E-state index contributed by atoms with van der Waals surface area (Å²) in [6, 6.07) is 25.4. The van der Waals surface area contributed by atoms with Crippen LogP contribution in [0.5, 0.6) is 0 Å². The summed E-state index contributed by atoms with van der Waals surface area (Å²) in [4.78, 5) is 18.5. The Hall–Kier alpha value is -4.98. The number of hydrogen-bond donors (Lipinski definition) is 4. The number of carbonyl (C=O) groups is 1. The van der Waals surface area contributed by atoms with Crippen LogP contribution in [0.25, 0.3) is 10.9 Å². The molecule has 0 bridgehead atoms. The van der Waals surface area contributed by atoms with E-state index in [-0.39, 0.29) is 5.82 Å². The third kappa shape index (κ3) is 6.54. The van der Waals surface area contributed by atoms with Gasteiger partial charge in [0.1, 0.15) is 11.6 Å². The molecule has 0 saturated heterocycles. The third-order valence-electron chi connectivity index (χ3n) is 5.19. The Labute approximate surface area is 208 Å². The van der Waals surface area contributed by atoms with Gasteiger partial charge >= 0.3 is 0 Å². The van der Waals surface area contributed by atoms with E-state index in [4.69, 9.17) is 5.73 Å². The van der Waals surface area contributed by atoms with Crippen LogP contribution < -0.4 is 21.7 Å². The minimum atomic E-state index is -0.257. The van der Waals surface area contributed by atoms with Crippen LogP contribution in [-0.4, -0.2) is 16.4 Å². The van der Waals surface area contributed by atoms with Crippen molar-refractivity contribution in [2.24, 2.45) is 0 Å². The summed E-state index contributed by atoms with van der Waals surface area (Å²) in [5, 5.41) is 9.83. The van der Waals surface area contributed by atoms with Crippen LogP contribution in [0.1, 0.15) is 5.56 Å². The smallest absolute Gasteiger partial charge is 0.211 e. The molecule has 1 amide bonds. The van der Waals surface area contributed by atoms with Gasteiger partial charge in [0, 0.05) is 52.3 Å². The number of rotatable bonds is 6.